The van der Waals surface area contributed by atoms with Gasteiger partial charge in [0.15, 0.2) is 0 Å². The summed E-state index contributed by atoms with van der Waals surface area (Å²) in [6.07, 6.45) is 0.468. The van der Waals surface area contributed by atoms with Crippen molar-refractivity contribution in [2.24, 2.45) is 0 Å². The van der Waals surface area contributed by atoms with Gasteiger partial charge < -0.3 is 20.4 Å². The Bertz CT molecular complexity index is 670. The zero-order chi connectivity index (χ0) is 18.7. The molecule has 2 heterocycles. The minimum atomic E-state index is -0.455. The quantitative estimate of drug-likeness (QED) is 0.746. The number of carbonyl (C=O) groups excluding carboxylic acids is 3. The molecule has 2 aliphatic rings. The maximum absolute atomic E-state index is 12.4. The molecule has 0 aliphatic carbocycles. The number of urea groups is 1. The average Bonchev–Trinajstić information content (AvgIpc) is 3.05. The van der Waals surface area contributed by atoms with E-state index < -0.39 is 6.04 Å². The van der Waals surface area contributed by atoms with Crippen molar-refractivity contribution in [1.82, 2.24) is 20.4 Å². The van der Waals surface area contributed by atoms with Crippen LogP contribution in [0, 0.1) is 6.92 Å². The molecule has 0 aromatic heterocycles. The summed E-state index contributed by atoms with van der Waals surface area (Å²) in [6, 6.07) is 7.49. The first-order valence-electron chi connectivity index (χ1n) is 8.72. The summed E-state index contributed by atoms with van der Waals surface area (Å²) in [4.78, 5) is 40.5. The van der Waals surface area contributed by atoms with Gasteiger partial charge in [0.1, 0.15) is 6.04 Å². The summed E-state index contributed by atoms with van der Waals surface area (Å²) in [5.41, 5.74) is 1.23. The summed E-state index contributed by atoms with van der Waals surface area (Å²) in [5, 5.41) is 5.53. The molecular formula is C18H24N4O3S. The van der Waals surface area contributed by atoms with E-state index in [-0.39, 0.29) is 30.4 Å². The van der Waals surface area contributed by atoms with Crippen LogP contribution in [-0.2, 0) is 9.59 Å². The van der Waals surface area contributed by atoms with Gasteiger partial charge in [0.05, 0.1) is 12.6 Å². The van der Waals surface area contributed by atoms with Crippen LogP contribution in [-0.4, -0.2) is 72.2 Å². The Hall–Kier alpha value is -2.22. The SMILES string of the molecule is Cc1ccc(SCCN(C)C(=O)N[C@@H]2C[C@H]3C(=O)NCC(=O)N3C2)cc1. The number of aryl methyl sites for hydroxylation is 1. The van der Waals surface area contributed by atoms with Crippen LogP contribution in [0.4, 0.5) is 4.79 Å². The summed E-state index contributed by atoms with van der Waals surface area (Å²) in [5.74, 6) is 0.575. The van der Waals surface area contributed by atoms with Gasteiger partial charge in [0.25, 0.3) is 0 Å². The molecule has 0 saturated carbocycles. The molecule has 1 aromatic carbocycles. The van der Waals surface area contributed by atoms with Crippen LogP contribution < -0.4 is 10.6 Å². The third kappa shape index (κ3) is 4.30. The van der Waals surface area contributed by atoms with Crippen LogP contribution in [0.25, 0.3) is 0 Å². The lowest BCUT2D eigenvalue weighted by molar-refractivity contribution is -0.143. The predicted molar refractivity (Wildman–Crippen MR) is 100.0 cm³/mol. The van der Waals surface area contributed by atoms with Crippen LogP contribution in [0.3, 0.4) is 0 Å². The number of nitrogens with zero attached hydrogens (tertiary/aromatic N) is 2. The van der Waals surface area contributed by atoms with Gasteiger partial charge in [0, 0.05) is 30.8 Å². The standard InChI is InChI=1S/C18H24N4O3S/c1-12-3-5-14(6-4-12)26-8-7-21(2)18(25)20-13-9-15-17(24)19-10-16(23)22(15)11-13/h3-6,13,15H,7-11H2,1-2H3,(H,19,24)(H,20,25)/t13-,15+/m1/s1. The number of hydrogen-bond acceptors (Lipinski definition) is 4. The van der Waals surface area contributed by atoms with Gasteiger partial charge in [0.2, 0.25) is 11.8 Å². The number of nitrogens with one attached hydrogen (secondary N) is 2. The molecule has 3 rings (SSSR count). The third-order valence-electron chi connectivity index (χ3n) is 4.73. The summed E-state index contributed by atoms with van der Waals surface area (Å²) < 4.78 is 0. The van der Waals surface area contributed by atoms with Crippen LogP contribution in [0.5, 0.6) is 0 Å². The molecule has 4 amide bonds. The number of thioether (sulfide) groups is 1. The Morgan fingerprint density at radius 3 is 2.77 bits per heavy atom. The zero-order valence-electron chi connectivity index (χ0n) is 15.0. The van der Waals surface area contributed by atoms with Crippen molar-refractivity contribution in [3.05, 3.63) is 29.8 Å². The summed E-state index contributed by atoms with van der Waals surface area (Å²) in [6.45, 7) is 3.11. The van der Waals surface area contributed by atoms with E-state index in [1.54, 1.807) is 28.6 Å². The smallest absolute Gasteiger partial charge is 0.317 e. The van der Waals surface area contributed by atoms with Gasteiger partial charge in [-0.15, -0.1) is 11.8 Å². The van der Waals surface area contributed by atoms with Crippen molar-refractivity contribution < 1.29 is 14.4 Å². The maximum Gasteiger partial charge on any atom is 0.317 e. The average molecular weight is 376 g/mol. The first-order chi connectivity index (χ1) is 12.4. The van der Waals surface area contributed by atoms with Gasteiger partial charge in [-0.2, -0.15) is 0 Å². The number of piperazine rings is 1. The van der Waals surface area contributed by atoms with Crippen LogP contribution >= 0.6 is 11.8 Å². The van der Waals surface area contributed by atoms with E-state index in [1.807, 2.05) is 0 Å². The van der Waals surface area contributed by atoms with E-state index in [1.165, 1.54) is 10.5 Å². The fraction of sp³-hybridized carbons (Fsp3) is 0.500. The van der Waals surface area contributed by atoms with E-state index in [2.05, 4.69) is 41.8 Å². The minimum absolute atomic E-state index is 0.0478. The molecule has 0 unspecified atom stereocenters. The Morgan fingerprint density at radius 1 is 1.35 bits per heavy atom. The van der Waals surface area contributed by atoms with E-state index in [9.17, 15) is 14.4 Å². The van der Waals surface area contributed by atoms with Crippen LogP contribution in [0.1, 0.15) is 12.0 Å². The van der Waals surface area contributed by atoms with Crippen molar-refractivity contribution in [2.75, 3.05) is 32.4 Å². The number of fused-ring (bicyclic) bond motifs is 1. The molecule has 140 valence electrons. The van der Waals surface area contributed by atoms with Crippen molar-refractivity contribution in [2.45, 2.75) is 30.3 Å². The summed E-state index contributed by atoms with van der Waals surface area (Å²) in [7, 11) is 1.76. The fourth-order valence-electron chi connectivity index (χ4n) is 3.17. The molecule has 0 radical (unpaired) electrons. The predicted octanol–water partition coefficient (Wildman–Crippen LogP) is 0.828. The van der Waals surface area contributed by atoms with Crippen LogP contribution in [0.15, 0.2) is 29.2 Å². The van der Waals surface area contributed by atoms with Gasteiger partial charge in [-0.25, -0.2) is 4.79 Å². The monoisotopic (exact) mass is 376 g/mol. The summed E-state index contributed by atoms with van der Waals surface area (Å²) >= 11 is 1.71. The largest absolute Gasteiger partial charge is 0.345 e. The highest BCUT2D eigenvalue weighted by Gasteiger charge is 2.42. The Labute approximate surface area is 157 Å². The number of carbonyl (C=O) groups is 3. The van der Waals surface area contributed by atoms with Crippen molar-refractivity contribution in [1.29, 1.82) is 0 Å². The topological polar surface area (TPSA) is 81.8 Å². The zero-order valence-corrected chi connectivity index (χ0v) is 15.8. The van der Waals surface area contributed by atoms with Crippen molar-refractivity contribution in [3.8, 4) is 0 Å². The first-order valence-corrected chi connectivity index (χ1v) is 9.71. The van der Waals surface area contributed by atoms with Crippen molar-refractivity contribution >= 4 is 29.6 Å². The molecule has 0 spiro atoms. The molecule has 0 bridgehead atoms. The molecule has 8 heteroatoms. The second kappa shape index (κ2) is 7.99. The number of benzene rings is 1. The molecule has 2 saturated heterocycles. The molecule has 26 heavy (non-hydrogen) atoms. The number of amides is 4. The van der Waals surface area contributed by atoms with E-state index in [0.29, 0.717) is 19.5 Å². The molecule has 7 nitrogen and oxygen atoms in total. The van der Waals surface area contributed by atoms with Gasteiger partial charge in [-0.3, -0.25) is 9.59 Å². The molecule has 1 aromatic rings. The maximum atomic E-state index is 12.4. The highest BCUT2D eigenvalue weighted by atomic mass is 32.2. The normalized spacial score (nSPS) is 22.0. The lowest BCUT2D eigenvalue weighted by Crippen LogP contribution is -2.55. The second-order valence-electron chi connectivity index (χ2n) is 6.74. The van der Waals surface area contributed by atoms with Gasteiger partial charge in [-0.1, -0.05) is 17.7 Å². The van der Waals surface area contributed by atoms with Crippen molar-refractivity contribution in [3.63, 3.8) is 0 Å². The highest BCUT2D eigenvalue weighted by molar-refractivity contribution is 7.99. The van der Waals surface area contributed by atoms with E-state index in [0.717, 1.165) is 5.75 Å². The molecular weight excluding hydrogens is 352 g/mol. The Kier molecular flexibility index (Phi) is 5.70. The molecule has 2 N–H and O–H groups in total. The highest BCUT2D eigenvalue weighted by Crippen LogP contribution is 2.21. The second-order valence-corrected chi connectivity index (χ2v) is 7.91. The van der Waals surface area contributed by atoms with E-state index >= 15 is 0 Å². The fourth-order valence-corrected chi connectivity index (χ4v) is 4.10. The Balaban J connectivity index is 1.43. The molecule has 2 aliphatic heterocycles. The Morgan fingerprint density at radius 2 is 2.08 bits per heavy atom. The number of rotatable bonds is 5. The first kappa shape index (κ1) is 18.6. The number of hydrogen-bond donors (Lipinski definition) is 2. The van der Waals surface area contributed by atoms with Crippen LogP contribution in [0.2, 0.25) is 0 Å². The lowest BCUT2D eigenvalue weighted by Gasteiger charge is -2.28. The molecule has 2 fully saturated rings. The van der Waals surface area contributed by atoms with Gasteiger partial charge in [-0.05, 0) is 25.5 Å². The van der Waals surface area contributed by atoms with Gasteiger partial charge >= 0.3 is 6.03 Å². The minimum Gasteiger partial charge on any atom is -0.345 e. The third-order valence-corrected chi connectivity index (χ3v) is 5.72. The lowest BCUT2D eigenvalue weighted by atomic mass is 10.1. The van der Waals surface area contributed by atoms with E-state index in [4.69, 9.17) is 0 Å². The molecule has 2 atom stereocenters.